The third kappa shape index (κ3) is 1.31. The van der Waals surface area contributed by atoms with E-state index in [9.17, 15) is 0 Å². The molecule has 2 rings (SSSR count). The lowest BCUT2D eigenvalue weighted by molar-refractivity contribution is 1.10. The number of anilines is 1. The third-order valence-corrected chi connectivity index (χ3v) is 2.45. The van der Waals surface area contributed by atoms with Crippen LogP contribution in [0.2, 0.25) is 0 Å². The van der Waals surface area contributed by atoms with Crippen LogP contribution in [0.5, 0.6) is 0 Å². The molecule has 72 valence electrons. The van der Waals surface area contributed by atoms with Gasteiger partial charge in [0.05, 0.1) is 5.52 Å². The van der Waals surface area contributed by atoms with Gasteiger partial charge in [-0.3, -0.25) is 0 Å². The molecule has 0 saturated carbocycles. The van der Waals surface area contributed by atoms with E-state index >= 15 is 0 Å². The molecule has 0 fully saturated rings. The van der Waals surface area contributed by atoms with Crippen LogP contribution in [0.4, 0.5) is 5.82 Å². The summed E-state index contributed by atoms with van der Waals surface area (Å²) in [5.41, 5.74) is 9.20. The van der Waals surface area contributed by atoms with Crippen molar-refractivity contribution in [2.24, 2.45) is 0 Å². The molecular formula is C11H13N3. The van der Waals surface area contributed by atoms with E-state index < -0.39 is 0 Å². The summed E-state index contributed by atoms with van der Waals surface area (Å²) in [6, 6.07) is 4.09. The summed E-state index contributed by atoms with van der Waals surface area (Å²) in [5.74, 6) is 1.29. The van der Waals surface area contributed by atoms with Gasteiger partial charge in [-0.25, -0.2) is 9.97 Å². The Bertz CT molecular complexity index is 503. The summed E-state index contributed by atoms with van der Waals surface area (Å²) in [7, 11) is 0. The van der Waals surface area contributed by atoms with E-state index in [1.165, 1.54) is 11.1 Å². The number of rotatable bonds is 0. The van der Waals surface area contributed by atoms with E-state index in [2.05, 4.69) is 29.9 Å². The molecule has 3 nitrogen and oxygen atoms in total. The Morgan fingerprint density at radius 2 is 1.64 bits per heavy atom. The van der Waals surface area contributed by atoms with Gasteiger partial charge in [-0.2, -0.15) is 0 Å². The molecule has 0 unspecified atom stereocenters. The molecule has 0 spiro atoms. The van der Waals surface area contributed by atoms with Crippen LogP contribution < -0.4 is 5.73 Å². The second-order valence-electron chi connectivity index (χ2n) is 3.61. The zero-order chi connectivity index (χ0) is 10.3. The first kappa shape index (κ1) is 8.94. The van der Waals surface area contributed by atoms with Crippen molar-refractivity contribution in [1.82, 2.24) is 9.97 Å². The lowest BCUT2D eigenvalue weighted by atomic mass is 10.1. The zero-order valence-corrected chi connectivity index (χ0v) is 8.63. The van der Waals surface area contributed by atoms with Gasteiger partial charge < -0.3 is 5.73 Å². The first-order chi connectivity index (χ1) is 6.58. The van der Waals surface area contributed by atoms with Gasteiger partial charge in [-0.05, 0) is 44.0 Å². The van der Waals surface area contributed by atoms with Crippen LogP contribution in [0.15, 0.2) is 12.1 Å². The Morgan fingerprint density at radius 1 is 1.00 bits per heavy atom. The van der Waals surface area contributed by atoms with Gasteiger partial charge >= 0.3 is 0 Å². The maximum absolute atomic E-state index is 5.82. The van der Waals surface area contributed by atoms with Gasteiger partial charge in [0.2, 0.25) is 0 Å². The fourth-order valence-corrected chi connectivity index (χ4v) is 1.53. The quantitative estimate of drug-likeness (QED) is 0.687. The van der Waals surface area contributed by atoms with Crippen LogP contribution in [-0.2, 0) is 0 Å². The van der Waals surface area contributed by atoms with Crippen molar-refractivity contribution in [3.05, 3.63) is 29.1 Å². The number of hydrogen-bond donors (Lipinski definition) is 1. The molecule has 1 aromatic heterocycles. The van der Waals surface area contributed by atoms with Gasteiger partial charge in [0.1, 0.15) is 11.6 Å². The first-order valence-electron chi connectivity index (χ1n) is 4.59. The largest absolute Gasteiger partial charge is 0.383 e. The normalized spacial score (nSPS) is 10.8. The minimum atomic E-state index is 0.565. The average Bonchev–Trinajstić information content (AvgIpc) is 2.08. The zero-order valence-electron chi connectivity index (χ0n) is 8.63. The number of nitrogens with two attached hydrogens (primary N) is 1. The molecule has 0 bridgehead atoms. The molecule has 2 N–H and O–H groups in total. The van der Waals surface area contributed by atoms with Crippen molar-refractivity contribution < 1.29 is 0 Å². The number of nitrogens with zero attached hydrogens (tertiary/aromatic N) is 2. The Morgan fingerprint density at radius 3 is 2.36 bits per heavy atom. The number of aryl methyl sites for hydroxylation is 3. The van der Waals surface area contributed by atoms with Crippen LogP contribution in [-0.4, -0.2) is 9.97 Å². The Hall–Kier alpha value is -1.64. The van der Waals surface area contributed by atoms with Crippen molar-refractivity contribution >= 4 is 16.7 Å². The van der Waals surface area contributed by atoms with Gasteiger partial charge in [0.15, 0.2) is 0 Å². The maximum Gasteiger partial charge on any atom is 0.135 e. The molecule has 3 heteroatoms. The molecule has 1 heterocycles. The minimum Gasteiger partial charge on any atom is -0.383 e. The molecule has 0 aliphatic carbocycles. The number of hydrogen-bond acceptors (Lipinski definition) is 3. The lowest BCUT2D eigenvalue weighted by Gasteiger charge is -2.05. The van der Waals surface area contributed by atoms with E-state index in [-0.39, 0.29) is 0 Å². The van der Waals surface area contributed by atoms with Gasteiger partial charge in [0, 0.05) is 5.39 Å². The molecule has 0 atom stereocenters. The van der Waals surface area contributed by atoms with E-state index in [0.717, 1.165) is 16.7 Å². The smallest absolute Gasteiger partial charge is 0.135 e. The summed E-state index contributed by atoms with van der Waals surface area (Å²) in [4.78, 5) is 8.49. The summed E-state index contributed by atoms with van der Waals surface area (Å²) < 4.78 is 0. The van der Waals surface area contributed by atoms with Crippen molar-refractivity contribution in [2.75, 3.05) is 5.73 Å². The van der Waals surface area contributed by atoms with Gasteiger partial charge in [0.25, 0.3) is 0 Å². The molecule has 0 amide bonds. The van der Waals surface area contributed by atoms with Crippen LogP contribution in [0.3, 0.4) is 0 Å². The van der Waals surface area contributed by atoms with Crippen molar-refractivity contribution in [3.63, 3.8) is 0 Å². The molecule has 0 aliphatic rings. The van der Waals surface area contributed by atoms with Gasteiger partial charge in [-0.1, -0.05) is 0 Å². The summed E-state index contributed by atoms with van der Waals surface area (Å²) >= 11 is 0. The molecule has 14 heavy (non-hydrogen) atoms. The maximum atomic E-state index is 5.82. The highest BCUT2D eigenvalue weighted by Gasteiger charge is 2.04. The highest BCUT2D eigenvalue weighted by molar-refractivity contribution is 5.89. The molecular weight excluding hydrogens is 174 g/mol. The molecule has 1 aromatic carbocycles. The molecule has 0 aliphatic heterocycles. The summed E-state index contributed by atoms with van der Waals surface area (Å²) in [5, 5.41) is 0.943. The number of aromatic nitrogens is 2. The summed E-state index contributed by atoms with van der Waals surface area (Å²) in [6.07, 6.45) is 0. The predicted octanol–water partition coefficient (Wildman–Crippen LogP) is 2.14. The summed E-state index contributed by atoms with van der Waals surface area (Å²) in [6.45, 7) is 5.99. The minimum absolute atomic E-state index is 0.565. The number of fused-ring (bicyclic) bond motifs is 1. The Balaban J connectivity index is 2.89. The van der Waals surface area contributed by atoms with E-state index in [1.807, 2.05) is 13.0 Å². The van der Waals surface area contributed by atoms with Crippen LogP contribution >= 0.6 is 0 Å². The van der Waals surface area contributed by atoms with E-state index in [0.29, 0.717) is 5.82 Å². The first-order valence-corrected chi connectivity index (χ1v) is 4.59. The molecule has 0 radical (unpaired) electrons. The van der Waals surface area contributed by atoms with Crippen molar-refractivity contribution in [2.45, 2.75) is 20.8 Å². The Labute approximate surface area is 83.0 Å². The molecule has 0 saturated heterocycles. The number of benzene rings is 1. The molecule has 2 aromatic rings. The third-order valence-electron chi connectivity index (χ3n) is 2.45. The van der Waals surface area contributed by atoms with Crippen LogP contribution in [0.1, 0.15) is 17.0 Å². The van der Waals surface area contributed by atoms with E-state index in [1.54, 1.807) is 0 Å². The van der Waals surface area contributed by atoms with Crippen molar-refractivity contribution in [3.8, 4) is 0 Å². The Kier molecular flexibility index (Phi) is 1.88. The fourth-order valence-electron chi connectivity index (χ4n) is 1.53. The van der Waals surface area contributed by atoms with Crippen LogP contribution in [0, 0.1) is 20.8 Å². The SMILES string of the molecule is Cc1nc(N)c2cc(C)c(C)cc2n1. The van der Waals surface area contributed by atoms with Crippen LogP contribution in [0.25, 0.3) is 10.9 Å². The topological polar surface area (TPSA) is 51.8 Å². The average molecular weight is 187 g/mol. The highest BCUT2D eigenvalue weighted by Crippen LogP contribution is 2.21. The predicted molar refractivity (Wildman–Crippen MR) is 58.2 cm³/mol. The highest BCUT2D eigenvalue weighted by atomic mass is 14.9. The second kappa shape index (κ2) is 2.94. The standard InChI is InChI=1S/C11H13N3/c1-6-4-9-10(5-7(6)2)13-8(3)14-11(9)12/h4-5H,1-3H3,(H2,12,13,14). The van der Waals surface area contributed by atoms with E-state index in [4.69, 9.17) is 5.73 Å². The van der Waals surface area contributed by atoms with Gasteiger partial charge in [-0.15, -0.1) is 0 Å². The fraction of sp³-hybridized carbons (Fsp3) is 0.273. The number of nitrogen functional groups attached to an aromatic ring is 1. The monoisotopic (exact) mass is 187 g/mol. The lowest BCUT2D eigenvalue weighted by Crippen LogP contribution is -1.98. The second-order valence-corrected chi connectivity index (χ2v) is 3.61. The van der Waals surface area contributed by atoms with Crippen molar-refractivity contribution in [1.29, 1.82) is 0 Å².